The van der Waals surface area contributed by atoms with E-state index < -0.39 is 29.4 Å². The number of imide groups is 1. The molecule has 0 bridgehead atoms. The molecule has 1 aliphatic rings. The Morgan fingerprint density at radius 2 is 1.38 bits per heavy atom. The highest BCUT2D eigenvalue weighted by Gasteiger charge is 2.40. The van der Waals surface area contributed by atoms with Gasteiger partial charge in [0.05, 0.1) is 16.8 Å². The molecule has 34 heavy (non-hydrogen) atoms. The van der Waals surface area contributed by atoms with Crippen LogP contribution in [0.2, 0.25) is 0 Å². The average molecular weight is 469 g/mol. The number of nitrogens with one attached hydrogen (secondary N) is 1. The van der Waals surface area contributed by atoms with Crippen molar-refractivity contribution in [3.05, 3.63) is 95.4 Å². The number of alkyl halides is 3. The molecule has 0 unspecified atom stereocenters. The Bertz CT molecular complexity index is 1260. The van der Waals surface area contributed by atoms with Gasteiger partial charge in [0.1, 0.15) is 11.5 Å². The van der Waals surface area contributed by atoms with Crippen LogP contribution in [0.1, 0.15) is 11.1 Å². The Morgan fingerprint density at radius 3 is 1.91 bits per heavy atom. The number of carbonyl (C=O) groups is 2. The first-order chi connectivity index (χ1) is 16.1. The van der Waals surface area contributed by atoms with Gasteiger partial charge in [0, 0.05) is 25.5 Å². The van der Waals surface area contributed by atoms with Crippen LogP contribution in [-0.4, -0.2) is 25.9 Å². The van der Waals surface area contributed by atoms with Gasteiger partial charge in [-0.2, -0.15) is 13.2 Å². The fraction of sp³-hybridized carbons (Fsp3) is 0.120. The van der Waals surface area contributed by atoms with Crippen LogP contribution in [-0.2, 0) is 15.8 Å². The van der Waals surface area contributed by atoms with E-state index in [0.29, 0.717) is 11.3 Å². The summed E-state index contributed by atoms with van der Waals surface area (Å²) in [6, 6.07) is 15.9. The second kappa shape index (κ2) is 8.66. The second-order valence-corrected chi connectivity index (χ2v) is 7.81. The molecule has 4 rings (SSSR count). The molecule has 0 aromatic heterocycles. The van der Waals surface area contributed by atoms with Gasteiger partial charge in [-0.15, -0.1) is 0 Å². The summed E-state index contributed by atoms with van der Waals surface area (Å²) in [4.78, 5) is 29.3. The van der Waals surface area contributed by atoms with E-state index in [0.717, 1.165) is 47.0 Å². The third kappa shape index (κ3) is 4.36. The van der Waals surface area contributed by atoms with Crippen LogP contribution in [0, 0.1) is 5.82 Å². The van der Waals surface area contributed by atoms with Crippen LogP contribution in [0.4, 0.5) is 34.6 Å². The normalized spacial score (nSPS) is 14.1. The standard InChI is InChI=1S/C25H19F4N3O2/c1-31(2)19-13-9-18(10-14-19)30-22-21(15-3-7-17(26)8-4-15)23(33)32(24(22)34)20-11-5-16(6-12-20)25(27,28)29/h3-14,30H,1-2H3. The molecule has 0 spiro atoms. The average Bonchev–Trinajstić information content (AvgIpc) is 3.03. The first-order valence-corrected chi connectivity index (χ1v) is 10.2. The van der Waals surface area contributed by atoms with Crippen molar-refractivity contribution in [1.29, 1.82) is 0 Å². The number of anilines is 3. The van der Waals surface area contributed by atoms with E-state index in [-0.39, 0.29) is 17.0 Å². The highest BCUT2D eigenvalue weighted by molar-refractivity contribution is 6.46. The van der Waals surface area contributed by atoms with Crippen molar-refractivity contribution in [2.45, 2.75) is 6.18 Å². The number of hydrogen-bond donors (Lipinski definition) is 1. The molecule has 0 saturated heterocycles. The smallest absolute Gasteiger partial charge is 0.378 e. The highest BCUT2D eigenvalue weighted by atomic mass is 19.4. The quantitative estimate of drug-likeness (QED) is 0.407. The van der Waals surface area contributed by atoms with Gasteiger partial charge in [-0.3, -0.25) is 9.59 Å². The molecule has 0 atom stereocenters. The van der Waals surface area contributed by atoms with E-state index in [9.17, 15) is 27.2 Å². The van der Waals surface area contributed by atoms with Crippen molar-refractivity contribution >= 4 is 34.4 Å². The van der Waals surface area contributed by atoms with Gasteiger partial charge in [-0.05, 0) is 66.2 Å². The molecule has 5 nitrogen and oxygen atoms in total. The van der Waals surface area contributed by atoms with E-state index in [2.05, 4.69) is 5.32 Å². The zero-order valence-electron chi connectivity index (χ0n) is 18.2. The second-order valence-electron chi connectivity index (χ2n) is 7.81. The third-order valence-electron chi connectivity index (χ3n) is 5.32. The van der Waals surface area contributed by atoms with Crippen molar-refractivity contribution < 1.29 is 27.2 Å². The van der Waals surface area contributed by atoms with Crippen LogP contribution >= 0.6 is 0 Å². The molecule has 3 aromatic carbocycles. The van der Waals surface area contributed by atoms with E-state index >= 15 is 0 Å². The maximum absolute atomic E-state index is 13.5. The van der Waals surface area contributed by atoms with Crippen molar-refractivity contribution in [2.24, 2.45) is 0 Å². The lowest BCUT2D eigenvalue weighted by molar-refractivity contribution is -0.137. The molecule has 0 aliphatic carbocycles. The predicted molar refractivity (Wildman–Crippen MR) is 122 cm³/mol. The summed E-state index contributed by atoms with van der Waals surface area (Å²) in [7, 11) is 3.75. The first kappa shape index (κ1) is 23.0. The maximum Gasteiger partial charge on any atom is 0.416 e. The molecule has 1 heterocycles. The van der Waals surface area contributed by atoms with E-state index in [1.807, 2.05) is 31.1 Å². The largest absolute Gasteiger partial charge is 0.416 e. The van der Waals surface area contributed by atoms with Gasteiger partial charge in [0.2, 0.25) is 0 Å². The number of carbonyl (C=O) groups excluding carboxylic acids is 2. The van der Waals surface area contributed by atoms with Crippen LogP contribution in [0.5, 0.6) is 0 Å². The highest BCUT2D eigenvalue weighted by Crippen LogP contribution is 2.36. The molecule has 2 amide bonds. The van der Waals surface area contributed by atoms with E-state index in [1.54, 1.807) is 12.1 Å². The van der Waals surface area contributed by atoms with Gasteiger partial charge >= 0.3 is 6.18 Å². The molecule has 1 aliphatic heterocycles. The summed E-state index contributed by atoms with van der Waals surface area (Å²) in [5.74, 6) is -1.99. The summed E-state index contributed by atoms with van der Waals surface area (Å²) >= 11 is 0. The van der Waals surface area contributed by atoms with E-state index in [4.69, 9.17) is 0 Å². The molecule has 1 N–H and O–H groups in total. The molecule has 174 valence electrons. The third-order valence-corrected chi connectivity index (χ3v) is 5.32. The SMILES string of the molecule is CN(C)c1ccc(NC2=C(c3ccc(F)cc3)C(=O)N(c3ccc(C(F)(F)F)cc3)C2=O)cc1. The summed E-state index contributed by atoms with van der Waals surface area (Å²) < 4.78 is 52.3. The van der Waals surface area contributed by atoms with Gasteiger partial charge in [-0.25, -0.2) is 9.29 Å². The van der Waals surface area contributed by atoms with Crippen molar-refractivity contribution in [1.82, 2.24) is 0 Å². The lowest BCUT2D eigenvalue weighted by Gasteiger charge is -2.17. The number of benzene rings is 3. The molecule has 0 saturated carbocycles. The molecule has 9 heteroatoms. The Morgan fingerprint density at radius 1 is 0.794 bits per heavy atom. The molecular weight excluding hydrogens is 450 g/mol. The minimum atomic E-state index is -4.56. The van der Waals surface area contributed by atoms with Crippen molar-refractivity contribution in [2.75, 3.05) is 29.2 Å². The van der Waals surface area contributed by atoms with Gasteiger partial charge in [0.15, 0.2) is 0 Å². The minimum Gasteiger partial charge on any atom is -0.378 e. The summed E-state index contributed by atoms with van der Waals surface area (Å²) in [5.41, 5.74) is 0.746. The number of amides is 2. The Labute approximate surface area is 192 Å². The Balaban J connectivity index is 1.75. The van der Waals surface area contributed by atoms with Crippen molar-refractivity contribution in [3.8, 4) is 0 Å². The molecule has 0 fully saturated rings. The van der Waals surface area contributed by atoms with Crippen LogP contribution in [0.15, 0.2) is 78.5 Å². The zero-order chi connectivity index (χ0) is 24.6. The number of halogens is 4. The number of rotatable bonds is 5. The Kier molecular flexibility index (Phi) is 5.87. The minimum absolute atomic E-state index is 0.0117. The van der Waals surface area contributed by atoms with E-state index in [1.165, 1.54) is 12.1 Å². The predicted octanol–water partition coefficient (Wildman–Crippen LogP) is 5.31. The topological polar surface area (TPSA) is 52.7 Å². The van der Waals surface area contributed by atoms with Crippen LogP contribution in [0.3, 0.4) is 0 Å². The molecule has 0 radical (unpaired) electrons. The monoisotopic (exact) mass is 469 g/mol. The fourth-order valence-electron chi connectivity index (χ4n) is 3.55. The fourth-order valence-corrected chi connectivity index (χ4v) is 3.55. The number of hydrogen-bond acceptors (Lipinski definition) is 4. The Hall–Kier alpha value is -4.14. The van der Waals surface area contributed by atoms with Crippen LogP contribution in [0.25, 0.3) is 5.57 Å². The molecule has 3 aromatic rings. The maximum atomic E-state index is 13.5. The first-order valence-electron chi connectivity index (χ1n) is 10.2. The van der Waals surface area contributed by atoms with Gasteiger partial charge in [0.25, 0.3) is 11.8 Å². The lowest BCUT2D eigenvalue weighted by Crippen LogP contribution is -2.32. The van der Waals surface area contributed by atoms with Gasteiger partial charge in [-0.1, -0.05) is 12.1 Å². The zero-order valence-corrected chi connectivity index (χ0v) is 18.2. The lowest BCUT2D eigenvalue weighted by atomic mass is 10.0. The summed E-state index contributed by atoms with van der Waals surface area (Å²) in [6.45, 7) is 0. The molecular formula is C25H19F4N3O2. The summed E-state index contributed by atoms with van der Waals surface area (Å²) in [6.07, 6.45) is -4.56. The summed E-state index contributed by atoms with van der Waals surface area (Å²) in [5, 5.41) is 2.96. The van der Waals surface area contributed by atoms with Crippen LogP contribution < -0.4 is 15.1 Å². The van der Waals surface area contributed by atoms with Gasteiger partial charge < -0.3 is 10.2 Å². The van der Waals surface area contributed by atoms with Crippen molar-refractivity contribution in [3.63, 3.8) is 0 Å². The number of nitrogens with zero attached hydrogens (tertiary/aromatic N) is 2.